The van der Waals surface area contributed by atoms with E-state index in [0.29, 0.717) is 32.1 Å². The van der Waals surface area contributed by atoms with Gasteiger partial charge in [0, 0.05) is 7.11 Å². The van der Waals surface area contributed by atoms with Gasteiger partial charge in [-0.05, 0) is 18.2 Å². The minimum Gasteiger partial charge on any atom is -0.397 e. The number of carbonyl (C=O) groups is 1. The first-order valence-corrected chi connectivity index (χ1v) is 6.12. The monoisotopic (exact) mass is 286 g/mol. The molecule has 0 saturated heterocycles. The lowest BCUT2D eigenvalue weighted by Crippen LogP contribution is -2.20. The summed E-state index contributed by atoms with van der Waals surface area (Å²) in [5.41, 5.74) is 6.09. The second kappa shape index (κ2) is 9.24. The van der Waals surface area contributed by atoms with Crippen LogP contribution in [0, 0.1) is 5.82 Å². The van der Waals surface area contributed by atoms with Gasteiger partial charge in [0.25, 0.3) is 0 Å². The minimum absolute atomic E-state index is 0.121. The first-order chi connectivity index (χ1) is 9.63. The normalized spacial score (nSPS) is 10.5. The van der Waals surface area contributed by atoms with E-state index in [1.165, 1.54) is 12.1 Å². The number of nitrogens with one attached hydrogen (secondary N) is 1. The highest BCUT2D eigenvalue weighted by molar-refractivity contribution is 5.94. The first-order valence-electron chi connectivity index (χ1n) is 6.12. The highest BCUT2D eigenvalue weighted by Crippen LogP contribution is 2.18. The van der Waals surface area contributed by atoms with Crippen molar-refractivity contribution in [3.8, 4) is 0 Å². The summed E-state index contributed by atoms with van der Waals surface area (Å²) in [5, 5.41) is 2.53. The molecule has 0 fully saturated rings. The van der Waals surface area contributed by atoms with Crippen molar-refractivity contribution < 1.29 is 23.4 Å². The van der Waals surface area contributed by atoms with Crippen LogP contribution in [0.2, 0.25) is 0 Å². The highest BCUT2D eigenvalue weighted by atomic mass is 19.1. The van der Waals surface area contributed by atoms with Crippen LogP contribution in [0.1, 0.15) is 0 Å². The molecule has 0 saturated carbocycles. The predicted octanol–water partition coefficient (Wildman–Crippen LogP) is 1.03. The summed E-state index contributed by atoms with van der Waals surface area (Å²) in [6, 6.07) is 3.76. The van der Waals surface area contributed by atoms with Crippen molar-refractivity contribution in [1.29, 1.82) is 0 Å². The maximum absolute atomic E-state index is 12.8. The molecule has 0 heterocycles. The fraction of sp³-hybridized carbons (Fsp3) is 0.462. The quantitative estimate of drug-likeness (QED) is 0.523. The third-order valence-electron chi connectivity index (χ3n) is 2.32. The Hall–Kier alpha value is -1.70. The molecule has 20 heavy (non-hydrogen) atoms. The molecule has 1 rings (SSSR count). The van der Waals surface area contributed by atoms with E-state index in [-0.39, 0.29) is 18.2 Å². The van der Waals surface area contributed by atoms with Gasteiger partial charge in [-0.25, -0.2) is 4.39 Å². The second-order valence-electron chi connectivity index (χ2n) is 3.94. The summed E-state index contributed by atoms with van der Waals surface area (Å²) < 4.78 is 27.9. The molecule has 0 atom stereocenters. The van der Waals surface area contributed by atoms with Gasteiger partial charge in [0.15, 0.2) is 0 Å². The SMILES string of the molecule is COCCOCCOCC(=O)Nc1ccc(F)cc1N. The van der Waals surface area contributed by atoms with Crippen LogP contribution in [0.5, 0.6) is 0 Å². The Bertz CT molecular complexity index is 429. The van der Waals surface area contributed by atoms with Crippen LogP contribution in [0.4, 0.5) is 15.8 Å². The third-order valence-corrected chi connectivity index (χ3v) is 2.32. The lowest BCUT2D eigenvalue weighted by Gasteiger charge is -2.09. The van der Waals surface area contributed by atoms with E-state index in [2.05, 4.69) is 5.32 Å². The number of nitrogen functional groups attached to an aromatic ring is 1. The van der Waals surface area contributed by atoms with Crippen LogP contribution in [0.15, 0.2) is 18.2 Å². The average molecular weight is 286 g/mol. The van der Waals surface area contributed by atoms with Gasteiger partial charge in [-0.15, -0.1) is 0 Å². The standard InChI is InChI=1S/C13H19FN2O4/c1-18-4-5-19-6-7-20-9-13(17)16-12-3-2-10(14)8-11(12)15/h2-3,8H,4-7,9,15H2,1H3,(H,16,17). The maximum Gasteiger partial charge on any atom is 0.250 e. The maximum atomic E-state index is 12.8. The zero-order valence-electron chi connectivity index (χ0n) is 11.4. The summed E-state index contributed by atoms with van der Waals surface area (Å²) in [7, 11) is 1.59. The van der Waals surface area contributed by atoms with Crippen molar-refractivity contribution in [3.63, 3.8) is 0 Å². The number of anilines is 2. The third kappa shape index (κ3) is 6.46. The molecule has 6 nitrogen and oxygen atoms in total. The molecule has 7 heteroatoms. The largest absolute Gasteiger partial charge is 0.397 e. The summed E-state index contributed by atoms with van der Waals surface area (Å²) in [5.74, 6) is -0.815. The number of halogens is 1. The first kappa shape index (κ1) is 16.4. The van der Waals surface area contributed by atoms with Gasteiger partial charge in [0.1, 0.15) is 12.4 Å². The van der Waals surface area contributed by atoms with E-state index in [4.69, 9.17) is 19.9 Å². The van der Waals surface area contributed by atoms with Gasteiger partial charge in [0.05, 0.1) is 37.8 Å². The number of ether oxygens (including phenoxy) is 3. The molecule has 112 valence electrons. The van der Waals surface area contributed by atoms with Gasteiger partial charge >= 0.3 is 0 Å². The zero-order valence-corrected chi connectivity index (χ0v) is 11.4. The van der Waals surface area contributed by atoms with Gasteiger partial charge in [-0.2, -0.15) is 0 Å². The Morgan fingerprint density at radius 3 is 2.65 bits per heavy atom. The van der Waals surface area contributed by atoms with Crippen LogP contribution in [0.3, 0.4) is 0 Å². The molecular weight excluding hydrogens is 267 g/mol. The van der Waals surface area contributed by atoms with Crippen LogP contribution in [0.25, 0.3) is 0 Å². The molecular formula is C13H19FN2O4. The van der Waals surface area contributed by atoms with Gasteiger partial charge in [-0.1, -0.05) is 0 Å². The Balaban J connectivity index is 2.17. The minimum atomic E-state index is -0.454. The number of nitrogens with two attached hydrogens (primary N) is 1. The molecule has 1 aromatic carbocycles. The number of carbonyl (C=O) groups excluding carboxylic acids is 1. The van der Waals surface area contributed by atoms with Gasteiger partial charge < -0.3 is 25.3 Å². The van der Waals surface area contributed by atoms with Gasteiger partial charge in [0.2, 0.25) is 5.91 Å². The molecule has 0 aliphatic heterocycles. The average Bonchev–Trinajstić information content (AvgIpc) is 2.41. The molecule has 0 aliphatic rings. The lowest BCUT2D eigenvalue weighted by atomic mass is 10.2. The molecule has 0 aromatic heterocycles. The Kier molecular flexibility index (Phi) is 7.56. The number of hydrogen-bond donors (Lipinski definition) is 2. The van der Waals surface area contributed by atoms with Crippen molar-refractivity contribution in [2.75, 3.05) is 51.2 Å². The van der Waals surface area contributed by atoms with Crippen molar-refractivity contribution in [1.82, 2.24) is 0 Å². The van der Waals surface area contributed by atoms with Crippen molar-refractivity contribution in [2.45, 2.75) is 0 Å². The second-order valence-corrected chi connectivity index (χ2v) is 3.94. The number of hydrogen-bond acceptors (Lipinski definition) is 5. The summed E-state index contributed by atoms with van der Waals surface area (Å²) >= 11 is 0. The molecule has 3 N–H and O–H groups in total. The van der Waals surface area contributed by atoms with Crippen molar-refractivity contribution in [2.24, 2.45) is 0 Å². The lowest BCUT2D eigenvalue weighted by molar-refractivity contribution is -0.121. The van der Waals surface area contributed by atoms with E-state index < -0.39 is 5.82 Å². The van der Waals surface area contributed by atoms with E-state index >= 15 is 0 Å². The van der Waals surface area contributed by atoms with Crippen LogP contribution >= 0.6 is 0 Å². The van der Waals surface area contributed by atoms with Crippen molar-refractivity contribution >= 4 is 17.3 Å². The van der Waals surface area contributed by atoms with Crippen LogP contribution < -0.4 is 11.1 Å². The fourth-order valence-electron chi connectivity index (χ4n) is 1.36. The highest BCUT2D eigenvalue weighted by Gasteiger charge is 2.06. The Labute approximate surface area is 117 Å². The molecule has 0 unspecified atom stereocenters. The molecule has 1 amide bonds. The number of methoxy groups -OCH3 is 1. The molecule has 0 radical (unpaired) electrons. The van der Waals surface area contributed by atoms with Crippen LogP contribution in [-0.2, 0) is 19.0 Å². The Morgan fingerprint density at radius 2 is 1.95 bits per heavy atom. The predicted molar refractivity (Wildman–Crippen MR) is 73.0 cm³/mol. The number of rotatable bonds is 9. The summed E-state index contributed by atoms with van der Waals surface area (Å²) in [4.78, 5) is 11.5. The molecule has 0 bridgehead atoms. The number of amides is 1. The van der Waals surface area contributed by atoms with E-state index in [1.807, 2.05) is 0 Å². The number of benzene rings is 1. The van der Waals surface area contributed by atoms with Crippen molar-refractivity contribution in [3.05, 3.63) is 24.0 Å². The Morgan fingerprint density at radius 1 is 1.25 bits per heavy atom. The zero-order chi connectivity index (χ0) is 14.8. The smallest absolute Gasteiger partial charge is 0.250 e. The summed E-state index contributed by atoms with van der Waals surface area (Å²) in [6.07, 6.45) is 0. The van der Waals surface area contributed by atoms with E-state index in [1.54, 1.807) is 7.11 Å². The molecule has 0 spiro atoms. The molecule has 1 aromatic rings. The van der Waals surface area contributed by atoms with Gasteiger partial charge in [-0.3, -0.25) is 4.79 Å². The fourth-order valence-corrected chi connectivity index (χ4v) is 1.36. The topological polar surface area (TPSA) is 82.8 Å². The van der Waals surface area contributed by atoms with Crippen LogP contribution in [-0.4, -0.2) is 46.1 Å². The summed E-state index contributed by atoms with van der Waals surface area (Å²) in [6.45, 7) is 1.57. The van der Waals surface area contributed by atoms with E-state index in [9.17, 15) is 9.18 Å². The molecule has 0 aliphatic carbocycles. The van der Waals surface area contributed by atoms with E-state index in [0.717, 1.165) is 6.07 Å².